The quantitative estimate of drug-likeness (QED) is 0.753. The molecule has 13 heavy (non-hydrogen) atoms. The first-order chi connectivity index (χ1) is 6.17. The van der Waals surface area contributed by atoms with Gasteiger partial charge in [-0.05, 0) is 25.1 Å². The Kier molecular flexibility index (Phi) is 3.39. The molecule has 0 bridgehead atoms. The van der Waals surface area contributed by atoms with E-state index in [1.165, 1.54) is 6.20 Å². The van der Waals surface area contributed by atoms with E-state index in [1.807, 2.05) is 0 Å². The van der Waals surface area contributed by atoms with E-state index in [4.69, 9.17) is 5.73 Å². The molecule has 0 aliphatic carbocycles. The van der Waals surface area contributed by atoms with Gasteiger partial charge in [0.25, 0.3) is 0 Å². The Bertz CT molecular complexity index is 348. The predicted octanol–water partition coefficient (Wildman–Crippen LogP) is 0.204. The van der Waals surface area contributed by atoms with E-state index < -0.39 is 9.84 Å². The summed E-state index contributed by atoms with van der Waals surface area (Å²) in [5, 5.41) is 0. The highest BCUT2D eigenvalue weighted by molar-refractivity contribution is 7.91. The molecular formula is C8H12N2O2S. The van der Waals surface area contributed by atoms with Crippen LogP contribution in [-0.4, -0.2) is 25.7 Å². The fraction of sp³-hybridized carbons (Fsp3) is 0.375. The van der Waals surface area contributed by atoms with Crippen LogP contribution < -0.4 is 5.73 Å². The lowest BCUT2D eigenvalue weighted by molar-refractivity contribution is 0.593. The minimum Gasteiger partial charge on any atom is -0.330 e. The van der Waals surface area contributed by atoms with Gasteiger partial charge in [0.2, 0.25) is 0 Å². The molecule has 2 N–H and O–H groups in total. The van der Waals surface area contributed by atoms with E-state index in [2.05, 4.69) is 4.98 Å². The molecule has 1 aromatic heterocycles. The van der Waals surface area contributed by atoms with Gasteiger partial charge in [-0.15, -0.1) is 0 Å². The van der Waals surface area contributed by atoms with Gasteiger partial charge in [0.05, 0.1) is 10.6 Å². The average molecular weight is 200 g/mol. The Morgan fingerprint density at radius 3 is 2.77 bits per heavy atom. The maximum atomic E-state index is 11.5. The molecule has 0 aromatic carbocycles. The van der Waals surface area contributed by atoms with Crippen molar-refractivity contribution in [2.45, 2.75) is 11.3 Å². The molecule has 1 heterocycles. The SMILES string of the molecule is NCCCS(=O)(=O)c1cccnc1. The van der Waals surface area contributed by atoms with Gasteiger partial charge < -0.3 is 5.73 Å². The van der Waals surface area contributed by atoms with Crippen molar-refractivity contribution >= 4 is 9.84 Å². The van der Waals surface area contributed by atoms with E-state index in [1.54, 1.807) is 18.3 Å². The van der Waals surface area contributed by atoms with Crippen molar-refractivity contribution in [2.24, 2.45) is 5.73 Å². The van der Waals surface area contributed by atoms with Gasteiger partial charge >= 0.3 is 0 Å². The predicted molar refractivity (Wildman–Crippen MR) is 50.0 cm³/mol. The molecule has 0 saturated heterocycles. The van der Waals surface area contributed by atoms with Crippen LogP contribution in [0.4, 0.5) is 0 Å². The molecule has 5 heteroatoms. The third kappa shape index (κ3) is 2.78. The lowest BCUT2D eigenvalue weighted by Crippen LogP contribution is -2.11. The molecule has 0 spiro atoms. The smallest absolute Gasteiger partial charge is 0.179 e. The van der Waals surface area contributed by atoms with Crippen LogP contribution in [0.1, 0.15) is 6.42 Å². The Hall–Kier alpha value is -0.940. The van der Waals surface area contributed by atoms with Gasteiger partial charge in [0, 0.05) is 12.4 Å². The van der Waals surface area contributed by atoms with Gasteiger partial charge in [-0.25, -0.2) is 8.42 Å². The summed E-state index contributed by atoms with van der Waals surface area (Å²) in [4.78, 5) is 4.02. The highest BCUT2D eigenvalue weighted by Gasteiger charge is 2.12. The van der Waals surface area contributed by atoms with Gasteiger partial charge in [-0.3, -0.25) is 4.98 Å². The van der Waals surface area contributed by atoms with E-state index in [-0.39, 0.29) is 10.6 Å². The zero-order valence-corrected chi connectivity index (χ0v) is 8.00. The van der Waals surface area contributed by atoms with Crippen molar-refractivity contribution in [3.63, 3.8) is 0 Å². The Balaban J connectivity index is 2.83. The van der Waals surface area contributed by atoms with Crippen molar-refractivity contribution in [1.29, 1.82) is 0 Å². The van der Waals surface area contributed by atoms with Crippen LogP contribution in [0.3, 0.4) is 0 Å². The molecule has 0 amide bonds. The molecule has 0 aliphatic heterocycles. The molecule has 0 saturated carbocycles. The largest absolute Gasteiger partial charge is 0.330 e. The van der Waals surface area contributed by atoms with E-state index in [0.29, 0.717) is 13.0 Å². The maximum Gasteiger partial charge on any atom is 0.179 e. The van der Waals surface area contributed by atoms with Crippen LogP contribution in [0.5, 0.6) is 0 Å². The minimum atomic E-state index is -3.16. The summed E-state index contributed by atoms with van der Waals surface area (Å²) in [6.45, 7) is 0.388. The number of nitrogens with zero attached hydrogens (tertiary/aromatic N) is 1. The summed E-state index contributed by atoms with van der Waals surface area (Å²) in [7, 11) is -3.16. The lowest BCUT2D eigenvalue weighted by Gasteiger charge is -2.01. The number of nitrogens with two attached hydrogens (primary N) is 1. The summed E-state index contributed by atoms with van der Waals surface area (Å²) in [5.74, 6) is 0.0925. The number of sulfone groups is 1. The van der Waals surface area contributed by atoms with Crippen LogP contribution in [-0.2, 0) is 9.84 Å². The topological polar surface area (TPSA) is 73.1 Å². The summed E-state index contributed by atoms with van der Waals surface area (Å²) < 4.78 is 23.0. The number of hydrogen-bond donors (Lipinski definition) is 1. The molecule has 0 atom stereocenters. The van der Waals surface area contributed by atoms with Crippen molar-refractivity contribution in [3.05, 3.63) is 24.5 Å². The second kappa shape index (κ2) is 4.34. The monoisotopic (exact) mass is 200 g/mol. The molecule has 1 aromatic rings. The fourth-order valence-electron chi connectivity index (χ4n) is 0.922. The summed E-state index contributed by atoms with van der Waals surface area (Å²) in [5.41, 5.74) is 5.23. The minimum absolute atomic E-state index is 0.0925. The molecule has 0 aliphatic rings. The van der Waals surface area contributed by atoms with Crippen molar-refractivity contribution in [2.75, 3.05) is 12.3 Å². The Morgan fingerprint density at radius 2 is 2.23 bits per heavy atom. The van der Waals surface area contributed by atoms with Crippen LogP contribution >= 0.6 is 0 Å². The van der Waals surface area contributed by atoms with Crippen LogP contribution in [0.15, 0.2) is 29.4 Å². The summed E-state index contributed by atoms with van der Waals surface area (Å²) in [6, 6.07) is 3.15. The molecule has 0 fully saturated rings. The first-order valence-corrected chi connectivity index (χ1v) is 5.65. The highest BCUT2D eigenvalue weighted by Crippen LogP contribution is 2.08. The zero-order valence-electron chi connectivity index (χ0n) is 7.18. The third-order valence-electron chi connectivity index (χ3n) is 1.61. The van der Waals surface area contributed by atoms with Crippen LogP contribution in [0.2, 0.25) is 0 Å². The number of hydrogen-bond acceptors (Lipinski definition) is 4. The van der Waals surface area contributed by atoms with Gasteiger partial charge in [0.1, 0.15) is 0 Å². The van der Waals surface area contributed by atoms with Crippen molar-refractivity contribution in [1.82, 2.24) is 4.98 Å². The second-order valence-electron chi connectivity index (χ2n) is 2.65. The van der Waals surface area contributed by atoms with Crippen LogP contribution in [0, 0.1) is 0 Å². The lowest BCUT2D eigenvalue weighted by atomic mass is 10.5. The highest BCUT2D eigenvalue weighted by atomic mass is 32.2. The number of pyridine rings is 1. The zero-order chi connectivity index (χ0) is 9.73. The molecule has 0 unspecified atom stereocenters. The molecular weight excluding hydrogens is 188 g/mol. The third-order valence-corrected chi connectivity index (χ3v) is 3.40. The first-order valence-electron chi connectivity index (χ1n) is 3.99. The fourth-order valence-corrected chi connectivity index (χ4v) is 2.21. The second-order valence-corrected chi connectivity index (χ2v) is 4.76. The van der Waals surface area contributed by atoms with Gasteiger partial charge in [-0.1, -0.05) is 0 Å². The molecule has 72 valence electrons. The average Bonchev–Trinajstić information content (AvgIpc) is 2.16. The van der Waals surface area contributed by atoms with E-state index >= 15 is 0 Å². The van der Waals surface area contributed by atoms with E-state index in [0.717, 1.165) is 0 Å². The van der Waals surface area contributed by atoms with Crippen LogP contribution in [0.25, 0.3) is 0 Å². The normalized spacial score (nSPS) is 11.5. The van der Waals surface area contributed by atoms with Crippen molar-refractivity contribution < 1.29 is 8.42 Å². The summed E-state index contributed by atoms with van der Waals surface area (Å²) >= 11 is 0. The van der Waals surface area contributed by atoms with Crippen molar-refractivity contribution in [3.8, 4) is 0 Å². The maximum absolute atomic E-state index is 11.5. The summed E-state index contributed by atoms with van der Waals surface area (Å²) in [6.07, 6.45) is 3.38. The van der Waals surface area contributed by atoms with Gasteiger partial charge in [0.15, 0.2) is 9.84 Å². The molecule has 4 nitrogen and oxygen atoms in total. The standard InChI is InChI=1S/C8H12N2O2S/c9-4-2-6-13(11,12)8-3-1-5-10-7-8/h1,3,5,7H,2,4,6,9H2. The molecule has 0 radical (unpaired) electrons. The van der Waals surface area contributed by atoms with E-state index in [9.17, 15) is 8.42 Å². The Morgan fingerprint density at radius 1 is 1.46 bits per heavy atom. The molecule has 1 rings (SSSR count). The number of rotatable bonds is 4. The van der Waals surface area contributed by atoms with Gasteiger partial charge in [-0.2, -0.15) is 0 Å². The first kappa shape index (κ1) is 10.1. The number of aromatic nitrogens is 1. The Labute approximate surface area is 77.7 Å².